The van der Waals surface area contributed by atoms with E-state index >= 15 is 0 Å². The Balaban J connectivity index is 1.76. The van der Waals surface area contributed by atoms with Crippen molar-refractivity contribution in [1.29, 1.82) is 0 Å². The summed E-state index contributed by atoms with van der Waals surface area (Å²) in [7, 11) is 1.66. The van der Waals surface area contributed by atoms with Gasteiger partial charge in [0.2, 0.25) is 0 Å². The Hall–Kier alpha value is -2.73. The van der Waals surface area contributed by atoms with Crippen molar-refractivity contribution in [3.05, 3.63) is 53.7 Å². The maximum atomic E-state index is 12.8. The first-order chi connectivity index (χ1) is 13.1. The van der Waals surface area contributed by atoms with Gasteiger partial charge in [-0.3, -0.25) is 4.79 Å². The first kappa shape index (κ1) is 19.0. The molecule has 0 bridgehead atoms. The predicted octanol–water partition coefficient (Wildman–Crippen LogP) is 3.18. The third-order valence-corrected chi connectivity index (χ3v) is 4.66. The molecule has 1 aliphatic heterocycles. The minimum Gasteiger partial charge on any atom is -0.461 e. The molecule has 1 saturated heterocycles. The highest BCUT2D eigenvalue weighted by atomic mass is 16.5. The number of aromatic nitrogens is 1. The summed E-state index contributed by atoms with van der Waals surface area (Å²) in [4.78, 5) is 30.9. The zero-order chi connectivity index (χ0) is 19.2. The van der Waals surface area contributed by atoms with Crippen LogP contribution in [0.3, 0.4) is 0 Å². The number of benzene rings is 1. The van der Waals surface area contributed by atoms with Crippen molar-refractivity contribution in [1.82, 2.24) is 9.88 Å². The van der Waals surface area contributed by atoms with Crippen molar-refractivity contribution < 1.29 is 19.1 Å². The highest BCUT2D eigenvalue weighted by Gasteiger charge is 2.29. The summed E-state index contributed by atoms with van der Waals surface area (Å²) in [5, 5.41) is 0. The van der Waals surface area contributed by atoms with Crippen LogP contribution in [0, 0.1) is 0 Å². The molecule has 27 heavy (non-hydrogen) atoms. The monoisotopic (exact) mass is 368 g/mol. The molecule has 1 atom stereocenters. The lowest BCUT2D eigenvalue weighted by Gasteiger charge is -2.24. The van der Waals surface area contributed by atoms with Crippen LogP contribution in [0.5, 0.6) is 0 Å². The third-order valence-electron chi connectivity index (χ3n) is 4.66. The Labute approximate surface area is 159 Å². The fourth-order valence-corrected chi connectivity index (χ4v) is 3.33. The van der Waals surface area contributed by atoms with Crippen molar-refractivity contribution in [2.45, 2.75) is 25.8 Å². The summed E-state index contributed by atoms with van der Waals surface area (Å²) in [6, 6.07) is 12.7. The van der Waals surface area contributed by atoms with E-state index in [9.17, 15) is 9.59 Å². The summed E-state index contributed by atoms with van der Waals surface area (Å²) in [6.45, 7) is 3.39. The quantitative estimate of drug-likeness (QED) is 0.733. The van der Waals surface area contributed by atoms with E-state index in [1.54, 1.807) is 38.3 Å². The molecule has 0 radical (unpaired) electrons. The van der Waals surface area contributed by atoms with E-state index in [1.165, 1.54) is 0 Å². The van der Waals surface area contributed by atoms with Gasteiger partial charge < -0.3 is 14.4 Å². The fraction of sp³-hybridized carbons (Fsp3) is 0.381. The first-order valence-corrected chi connectivity index (χ1v) is 9.18. The second kappa shape index (κ2) is 8.77. The molecular formula is C21H24N2O4. The number of hydrogen-bond acceptors (Lipinski definition) is 5. The topological polar surface area (TPSA) is 68.7 Å². The summed E-state index contributed by atoms with van der Waals surface area (Å²) in [6.07, 6.45) is 1.98. The molecule has 6 heteroatoms. The lowest BCUT2D eigenvalue weighted by molar-refractivity contribution is 0.0519. The maximum absolute atomic E-state index is 12.8. The smallest absolute Gasteiger partial charge is 0.356 e. The third kappa shape index (κ3) is 4.34. The number of hydrogen-bond donors (Lipinski definition) is 0. The van der Waals surface area contributed by atoms with Crippen LogP contribution < -0.4 is 0 Å². The first-order valence-electron chi connectivity index (χ1n) is 9.18. The molecule has 142 valence electrons. The average molecular weight is 368 g/mol. The summed E-state index contributed by atoms with van der Waals surface area (Å²) in [5.74, 6) is -0.418. The molecule has 0 N–H and O–H groups in total. The van der Waals surface area contributed by atoms with Crippen LogP contribution in [-0.4, -0.2) is 54.7 Å². The molecular weight excluding hydrogens is 344 g/mol. The number of ether oxygens (including phenoxy) is 2. The Morgan fingerprint density at radius 1 is 1.19 bits per heavy atom. The predicted molar refractivity (Wildman–Crippen MR) is 102 cm³/mol. The van der Waals surface area contributed by atoms with Gasteiger partial charge in [-0.15, -0.1) is 0 Å². The molecule has 0 unspecified atom stereocenters. The fourth-order valence-electron chi connectivity index (χ4n) is 3.33. The van der Waals surface area contributed by atoms with Gasteiger partial charge in [-0.05, 0) is 44.0 Å². The highest BCUT2D eigenvalue weighted by Crippen LogP contribution is 2.23. The Kier molecular flexibility index (Phi) is 6.19. The largest absolute Gasteiger partial charge is 0.461 e. The zero-order valence-corrected chi connectivity index (χ0v) is 15.7. The van der Waals surface area contributed by atoms with Crippen LogP contribution >= 0.6 is 0 Å². The van der Waals surface area contributed by atoms with Gasteiger partial charge in [0.05, 0.1) is 24.9 Å². The van der Waals surface area contributed by atoms with Gasteiger partial charge in [0.15, 0.2) is 0 Å². The van der Waals surface area contributed by atoms with E-state index in [1.807, 2.05) is 23.1 Å². The molecule has 2 heterocycles. The molecule has 1 aromatic carbocycles. The van der Waals surface area contributed by atoms with Crippen molar-refractivity contribution in [2.75, 3.05) is 26.9 Å². The van der Waals surface area contributed by atoms with E-state index in [0.29, 0.717) is 24.5 Å². The lowest BCUT2D eigenvalue weighted by Crippen LogP contribution is -2.38. The number of nitrogens with zero attached hydrogens (tertiary/aromatic N) is 2. The number of carbonyl (C=O) groups is 2. The van der Waals surface area contributed by atoms with Crippen molar-refractivity contribution in [3.8, 4) is 11.3 Å². The van der Waals surface area contributed by atoms with Gasteiger partial charge in [0.1, 0.15) is 5.69 Å². The van der Waals surface area contributed by atoms with Gasteiger partial charge in [0.25, 0.3) is 5.91 Å². The van der Waals surface area contributed by atoms with Crippen molar-refractivity contribution in [2.24, 2.45) is 0 Å². The Morgan fingerprint density at radius 3 is 2.67 bits per heavy atom. The van der Waals surface area contributed by atoms with E-state index in [0.717, 1.165) is 24.9 Å². The minimum atomic E-state index is -0.440. The zero-order valence-electron chi connectivity index (χ0n) is 15.7. The number of esters is 1. The molecule has 6 nitrogen and oxygen atoms in total. The van der Waals surface area contributed by atoms with Gasteiger partial charge >= 0.3 is 5.97 Å². The van der Waals surface area contributed by atoms with Crippen LogP contribution in [-0.2, 0) is 9.47 Å². The number of rotatable bonds is 6. The Morgan fingerprint density at radius 2 is 1.96 bits per heavy atom. The number of likely N-dealkylation sites (tertiary alicyclic amines) is 1. The number of methoxy groups -OCH3 is 1. The van der Waals surface area contributed by atoms with E-state index in [4.69, 9.17) is 9.47 Å². The lowest BCUT2D eigenvalue weighted by atomic mass is 10.1. The van der Waals surface area contributed by atoms with Crippen LogP contribution in [0.15, 0.2) is 42.5 Å². The van der Waals surface area contributed by atoms with E-state index < -0.39 is 5.97 Å². The maximum Gasteiger partial charge on any atom is 0.356 e. The molecule has 1 fully saturated rings. The van der Waals surface area contributed by atoms with Gasteiger partial charge in [0, 0.05) is 24.8 Å². The standard InChI is InChI=1S/C21H24N2O4/c1-3-27-21(25)19-8-4-7-18(22-19)15-9-11-16(12-10-15)20(24)23-13-5-6-17(23)14-26-2/h4,7-12,17H,3,5-6,13-14H2,1-2H3/t17-/m0/s1. The molecule has 3 rings (SSSR count). The normalized spacial score (nSPS) is 16.4. The van der Waals surface area contributed by atoms with Crippen molar-refractivity contribution >= 4 is 11.9 Å². The number of pyridine rings is 1. The van der Waals surface area contributed by atoms with Crippen molar-refractivity contribution in [3.63, 3.8) is 0 Å². The highest BCUT2D eigenvalue weighted by molar-refractivity contribution is 5.95. The summed E-state index contributed by atoms with van der Waals surface area (Å²) < 4.78 is 10.2. The van der Waals surface area contributed by atoms with Crippen LogP contribution in [0.25, 0.3) is 11.3 Å². The van der Waals surface area contributed by atoms with Gasteiger partial charge in [-0.2, -0.15) is 0 Å². The number of carbonyl (C=O) groups excluding carboxylic acids is 2. The molecule has 0 aliphatic carbocycles. The van der Waals surface area contributed by atoms with E-state index in [2.05, 4.69) is 4.98 Å². The number of amides is 1. The average Bonchev–Trinajstić information content (AvgIpc) is 3.16. The SMILES string of the molecule is CCOC(=O)c1cccc(-c2ccc(C(=O)N3CCC[C@H]3COC)cc2)n1. The molecule has 1 amide bonds. The van der Waals surface area contributed by atoms with Gasteiger partial charge in [-0.25, -0.2) is 9.78 Å². The molecule has 0 spiro atoms. The molecule has 1 aliphatic rings. The van der Waals surface area contributed by atoms with Gasteiger partial charge in [-0.1, -0.05) is 18.2 Å². The second-order valence-corrected chi connectivity index (χ2v) is 6.46. The Bertz CT molecular complexity index is 804. The van der Waals surface area contributed by atoms with E-state index in [-0.39, 0.29) is 17.6 Å². The van der Waals surface area contributed by atoms with Crippen LogP contribution in [0.2, 0.25) is 0 Å². The second-order valence-electron chi connectivity index (χ2n) is 6.46. The molecule has 1 aromatic heterocycles. The minimum absolute atomic E-state index is 0.0225. The van der Waals surface area contributed by atoms with Crippen LogP contribution in [0.1, 0.15) is 40.6 Å². The summed E-state index contributed by atoms with van der Waals surface area (Å²) >= 11 is 0. The van der Waals surface area contributed by atoms with Crippen LogP contribution in [0.4, 0.5) is 0 Å². The summed E-state index contributed by atoms with van der Waals surface area (Å²) in [5.41, 5.74) is 2.42. The molecule has 2 aromatic rings. The molecule has 0 saturated carbocycles.